The molecular weight excluding hydrogens is 400 g/mol. The minimum absolute atomic E-state index is 0.0446. The highest BCUT2D eigenvalue weighted by Crippen LogP contribution is 2.58. The molecule has 1 aliphatic carbocycles. The van der Waals surface area contributed by atoms with Gasteiger partial charge in [-0.15, -0.1) is 0 Å². The Hall–Kier alpha value is -2.52. The van der Waals surface area contributed by atoms with Crippen molar-refractivity contribution in [2.75, 3.05) is 27.2 Å². The number of rotatable bonds is 6. The van der Waals surface area contributed by atoms with Crippen LogP contribution in [0.15, 0.2) is 36.2 Å². The summed E-state index contributed by atoms with van der Waals surface area (Å²) in [6.45, 7) is 9.51. The molecule has 0 N–H and O–H groups in total. The van der Waals surface area contributed by atoms with Crippen molar-refractivity contribution in [3.63, 3.8) is 0 Å². The van der Waals surface area contributed by atoms with E-state index in [0.717, 1.165) is 57.4 Å². The lowest BCUT2D eigenvalue weighted by Gasteiger charge is -2.52. The summed E-state index contributed by atoms with van der Waals surface area (Å²) in [5.41, 5.74) is 5.64. The molecule has 172 valence electrons. The SMILES string of the molecule is C=C=C(C(=O)C12CCC(C)C(=O)N3CCc4cc(OC)ccc4C3C(C1)C2)N(C)CCC. The van der Waals surface area contributed by atoms with E-state index in [1.165, 1.54) is 11.1 Å². The van der Waals surface area contributed by atoms with Gasteiger partial charge in [0.05, 0.1) is 13.2 Å². The van der Waals surface area contributed by atoms with E-state index in [-0.39, 0.29) is 23.7 Å². The number of benzene rings is 1. The molecule has 5 nitrogen and oxygen atoms in total. The summed E-state index contributed by atoms with van der Waals surface area (Å²) < 4.78 is 5.44. The number of nitrogens with zero attached hydrogens (tertiary/aromatic N) is 2. The van der Waals surface area contributed by atoms with Crippen molar-refractivity contribution < 1.29 is 14.3 Å². The zero-order chi connectivity index (χ0) is 23.0. The van der Waals surface area contributed by atoms with Crippen LogP contribution in [0.3, 0.4) is 0 Å². The average molecular weight is 437 g/mol. The fourth-order valence-corrected chi connectivity index (χ4v) is 6.17. The number of methoxy groups -OCH3 is 1. The molecule has 0 spiro atoms. The highest BCUT2D eigenvalue weighted by atomic mass is 16.5. The molecule has 2 bridgehead atoms. The third kappa shape index (κ3) is 3.67. The monoisotopic (exact) mass is 436 g/mol. The molecular formula is C27H36N2O3. The van der Waals surface area contributed by atoms with Gasteiger partial charge in [0.25, 0.3) is 0 Å². The van der Waals surface area contributed by atoms with E-state index >= 15 is 0 Å². The molecule has 3 fully saturated rings. The van der Waals surface area contributed by atoms with Crippen LogP contribution >= 0.6 is 0 Å². The number of carbonyl (C=O) groups excluding carboxylic acids is 2. The molecule has 1 aromatic rings. The molecule has 0 aromatic heterocycles. The van der Waals surface area contributed by atoms with Crippen molar-refractivity contribution in [2.24, 2.45) is 17.3 Å². The Balaban J connectivity index is 1.69. The van der Waals surface area contributed by atoms with Gasteiger partial charge in [0.15, 0.2) is 5.78 Å². The zero-order valence-electron chi connectivity index (χ0n) is 19.9. The maximum atomic E-state index is 13.8. The van der Waals surface area contributed by atoms with Gasteiger partial charge >= 0.3 is 0 Å². The van der Waals surface area contributed by atoms with Crippen molar-refractivity contribution >= 4 is 11.7 Å². The van der Waals surface area contributed by atoms with Gasteiger partial charge in [0.2, 0.25) is 5.91 Å². The second-order valence-electron chi connectivity index (χ2n) is 9.96. The van der Waals surface area contributed by atoms with E-state index in [1.54, 1.807) is 7.11 Å². The lowest BCUT2D eigenvalue weighted by atomic mass is 9.54. The summed E-state index contributed by atoms with van der Waals surface area (Å²) in [7, 11) is 3.64. The van der Waals surface area contributed by atoms with Gasteiger partial charge in [0, 0.05) is 31.5 Å². The predicted molar refractivity (Wildman–Crippen MR) is 125 cm³/mol. The maximum absolute atomic E-state index is 13.8. The van der Waals surface area contributed by atoms with Crippen LogP contribution in [-0.4, -0.2) is 48.7 Å². The van der Waals surface area contributed by atoms with Gasteiger partial charge in [-0.2, -0.15) is 0 Å². The minimum atomic E-state index is -0.401. The Bertz CT molecular complexity index is 956. The molecule has 5 heteroatoms. The molecule has 2 atom stereocenters. The first kappa shape index (κ1) is 22.7. The van der Waals surface area contributed by atoms with E-state index in [0.29, 0.717) is 11.6 Å². The smallest absolute Gasteiger partial charge is 0.225 e. The van der Waals surface area contributed by atoms with Crippen molar-refractivity contribution in [2.45, 2.75) is 58.4 Å². The summed E-state index contributed by atoms with van der Waals surface area (Å²) in [6.07, 6.45) is 4.97. The van der Waals surface area contributed by atoms with Crippen molar-refractivity contribution in [3.8, 4) is 5.75 Å². The number of fused-ring (bicyclic) bond motifs is 4. The first-order valence-electron chi connectivity index (χ1n) is 12.0. The minimum Gasteiger partial charge on any atom is -0.497 e. The van der Waals surface area contributed by atoms with Crippen molar-refractivity contribution in [3.05, 3.63) is 47.3 Å². The van der Waals surface area contributed by atoms with Crippen LogP contribution < -0.4 is 4.74 Å². The fraction of sp³-hybridized carbons (Fsp3) is 0.593. The van der Waals surface area contributed by atoms with Crippen LogP contribution in [0.2, 0.25) is 0 Å². The van der Waals surface area contributed by atoms with E-state index in [4.69, 9.17) is 4.74 Å². The van der Waals surface area contributed by atoms with Gasteiger partial charge in [0.1, 0.15) is 11.4 Å². The summed E-state index contributed by atoms with van der Waals surface area (Å²) in [6, 6.07) is 6.29. The highest BCUT2D eigenvalue weighted by molar-refractivity contribution is 6.00. The molecule has 32 heavy (non-hydrogen) atoms. The lowest BCUT2D eigenvalue weighted by Crippen LogP contribution is -2.52. The molecule has 2 unspecified atom stereocenters. The summed E-state index contributed by atoms with van der Waals surface area (Å²) in [5.74, 6) is 1.47. The van der Waals surface area contributed by atoms with E-state index < -0.39 is 5.41 Å². The number of hydrogen-bond acceptors (Lipinski definition) is 4. The molecule has 3 heterocycles. The first-order chi connectivity index (χ1) is 15.3. The van der Waals surface area contributed by atoms with Crippen molar-refractivity contribution in [1.82, 2.24) is 9.80 Å². The molecule has 1 aromatic carbocycles. The molecule has 1 amide bonds. The lowest BCUT2D eigenvalue weighted by molar-refractivity contribution is -0.142. The Morgan fingerprint density at radius 1 is 1.38 bits per heavy atom. The normalized spacial score (nSPS) is 28.7. The number of hydrogen-bond donors (Lipinski definition) is 0. The highest BCUT2D eigenvalue weighted by Gasteiger charge is 2.56. The number of Topliss-reactive ketones (excluding diaryl/α,β-unsaturated/α-hetero) is 1. The first-order valence-corrected chi connectivity index (χ1v) is 12.0. The van der Waals surface area contributed by atoms with Crippen LogP contribution in [0.1, 0.15) is 63.1 Å². The predicted octanol–water partition coefficient (Wildman–Crippen LogP) is 4.53. The maximum Gasteiger partial charge on any atom is 0.225 e. The molecule has 3 aliphatic heterocycles. The number of ether oxygens (including phenoxy) is 1. The fourth-order valence-electron chi connectivity index (χ4n) is 6.17. The third-order valence-electron chi connectivity index (χ3n) is 7.94. The molecule has 5 rings (SSSR count). The van der Waals surface area contributed by atoms with Crippen molar-refractivity contribution in [1.29, 1.82) is 0 Å². The molecule has 0 radical (unpaired) electrons. The van der Waals surface area contributed by atoms with Crippen LogP contribution in [0.25, 0.3) is 0 Å². The quantitative estimate of drug-likeness (QED) is 0.486. The standard InChI is InChI=1S/C27H36N2O3/c1-6-13-28(4)23(7-2)25(30)27-12-10-18(3)26(31)29-14-11-19-15-21(32-5)8-9-22(19)24(29)20(16-27)17-27/h8-9,15,18,20,24H,2,6,10-14,16-17H2,1,3-5H3. The molecule has 1 saturated carbocycles. The van der Waals surface area contributed by atoms with E-state index in [2.05, 4.69) is 36.3 Å². The Kier molecular flexibility index (Phi) is 6.22. The number of carbonyl (C=O) groups is 2. The van der Waals surface area contributed by atoms with Crippen LogP contribution in [0, 0.1) is 17.3 Å². The van der Waals surface area contributed by atoms with E-state index in [9.17, 15) is 9.59 Å². The Morgan fingerprint density at radius 2 is 2.12 bits per heavy atom. The summed E-state index contributed by atoms with van der Waals surface area (Å²) in [4.78, 5) is 31.3. The number of allylic oxidation sites excluding steroid dienone is 1. The molecule has 2 saturated heterocycles. The van der Waals surface area contributed by atoms with Gasteiger partial charge in [-0.05, 0) is 67.7 Å². The van der Waals surface area contributed by atoms with Crippen LogP contribution in [0.5, 0.6) is 5.75 Å². The summed E-state index contributed by atoms with van der Waals surface area (Å²) in [5, 5.41) is 0. The van der Waals surface area contributed by atoms with Gasteiger partial charge < -0.3 is 14.5 Å². The van der Waals surface area contributed by atoms with Crippen LogP contribution in [0.4, 0.5) is 0 Å². The van der Waals surface area contributed by atoms with E-state index in [1.807, 2.05) is 24.9 Å². The second kappa shape index (κ2) is 8.78. The number of ketones is 1. The zero-order valence-corrected chi connectivity index (χ0v) is 19.9. The van der Waals surface area contributed by atoms with Gasteiger partial charge in [-0.1, -0.05) is 32.2 Å². The Morgan fingerprint density at radius 3 is 2.78 bits per heavy atom. The second-order valence-corrected chi connectivity index (χ2v) is 9.96. The number of amides is 1. The van der Waals surface area contributed by atoms with Gasteiger partial charge in [-0.3, -0.25) is 9.59 Å². The molecule has 4 aliphatic rings. The third-order valence-corrected chi connectivity index (χ3v) is 7.94. The number of likely N-dealkylation sites (N-methyl/N-ethyl adjacent to an activating group) is 1. The Labute approximate surface area is 192 Å². The topological polar surface area (TPSA) is 49.9 Å². The average Bonchev–Trinajstić information content (AvgIpc) is 2.84. The largest absolute Gasteiger partial charge is 0.497 e. The van der Waals surface area contributed by atoms with Crippen LogP contribution in [-0.2, 0) is 16.0 Å². The summed E-state index contributed by atoms with van der Waals surface area (Å²) >= 11 is 0. The van der Waals surface area contributed by atoms with Gasteiger partial charge in [-0.25, -0.2) is 0 Å².